The molecule has 9 heteroatoms. The minimum Gasteiger partial charge on any atom is -0.493 e. The molecule has 2 N–H and O–H groups in total. The number of hydrogen-bond donors (Lipinski definition) is 2. The van der Waals surface area contributed by atoms with Gasteiger partial charge in [0.25, 0.3) is 0 Å². The molecule has 25 heavy (non-hydrogen) atoms. The van der Waals surface area contributed by atoms with Crippen LogP contribution >= 0.6 is 0 Å². The lowest BCUT2D eigenvalue weighted by molar-refractivity contribution is 0.355. The van der Waals surface area contributed by atoms with Crippen LogP contribution in [0, 0.1) is 0 Å². The van der Waals surface area contributed by atoms with Crippen molar-refractivity contribution in [3.8, 4) is 11.5 Å². The van der Waals surface area contributed by atoms with Crippen molar-refractivity contribution in [2.75, 3.05) is 36.4 Å². The summed E-state index contributed by atoms with van der Waals surface area (Å²) in [6.07, 6.45) is 2.01. The molecule has 0 aliphatic carbocycles. The lowest BCUT2D eigenvalue weighted by Gasteiger charge is -2.13. The van der Waals surface area contributed by atoms with Crippen LogP contribution in [0.5, 0.6) is 11.5 Å². The van der Waals surface area contributed by atoms with Gasteiger partial charge in [-0.3, -0.25) is 0 Å². The van der Waals surface area contributed by atoms with E-state index in [-0.39, 0.29) is 17.5 Å². The van der Waals surface area contributed by atoms with Crippen molar-refractivity contribution < 1.29 is 17.9 Å². The Morgan fingerprint density at radius 3 is 2.52 bits per heavy atom. The molecule has 1 aliphatic rings. The third-order valence-electron chi connectivity index (χ3n) is 3.91. The summed E-state index contributed by atoms with van der Waals surface area (Å²) in [7, 11) is 0.217. The predicted molar refractivity (Wildman–Crippen MR) is 95.5 cm³/mol. The second-order valence-electron chi connectivity index (χ2n) is 5.73. The molecule has 0 bridgehead atoms. The van der Waals surface area contributed by atoms with E-state index in [0.29, 0.717) is 29.6 Å². The zero-order chi connectivity index (χ0) is 17.9. The van der Waals surface area contributed by atoms with Gasteiger partial charge in [0.15, 0.2) is 21.3 Å². The molecule has 2 heterocycles. The fourth-order valence-corrected chi connectivity index (χ4v) is 4.36. The number of nitrogens with zero attached hydrogens (tertiary/aromatic N) is 2. The third-order valence-corrected chi connectivity index (χ3v) is 5.68. The van der Waals surface area contributed by atoms with Crippen LogP contribution in [0.25, 0.3) is 0 Å². The maximum Gasteiger partial charge on any atom is 0.162 e. The molecule has 1 aromatic heterocycles. The summed E-state index contributed by atoms with van der Waals surface area (Å²) >= 11 is 0. The van der Waals surface area contributed by atoms with Gasteiger partial charge in [-0.2, -0.15) is 0 Å². The highest BCUT2D eigenvalue weighted by molar-refractivity contribution is 7.91. The van der Waals surface area contributed by atoms with Crippen LogP contribution < -0.4 is 20.1 Å². The highest BCUT2D eigenvalue weighted by Gasteiger charge is 2.27. The molecule has 0 spiro atoms. The molecule has 0 saturated carbocycles. The minimum atomic E-state index is -2.94. The Labute approximate surface area is 146 Å². The normalized spacial score (nSPS) is 18.6. The van der Waals surface area contributed by atoms with Gasteiger partial charge in [0, 0.05) is 23.9 Å². The van der Waals surface area contributed by atoms with Crippen LogP contribution in [0.1, 0.15) is 6.42 Å². The molecular weight excluding hydrogens is 344 g/mol. The van der Waals surface area contributed by atoms with Gasteiger partial charge in [-0.05, 0) is 18.6 Å². The molecule has 1 fully saturated rings. The third kappa shape index (κ3) is 4.30. The first-order valence-electron chi connectivity index (χ1n) is 7.77. The van der Waals surface area contributed by atoms with Gasteiger partial charge in [-0.1, -0.05) is 0 Å². The topological polar surface area (TPSA) is 102 Å². The van der Waals surface area contributed by atoms with E-state index in [0.717, 1.165) is 5.69 Å². The summed E-state index contributed by atoms with van der Waals surface area (Å²) in [5, 5.41) is 6.32. The van der Waals surface area contributed by atoms with Crippen molar-refractivity contribution in [2.24, 2.45) is 0 Å². The van der Waals surface area contributed by atoms with E-state index in [2.05, 4.69) is 20.6 Å². The number of sulfone groups is 1. The highest BCUT2D eigenvalue weighted by Crippen LogP contribution is 2.31. The number of anilines is 3. The Bertz CT molecular complexity index is 857. The van der Waals surface area contributed by atoms with E-state index in [9.17, 15) is 8.42 Å². The molecule has 8 nitrogen and oxygen atoms in total. The Morgan fingerprint density at radius 1 is 1.08 bits per heavy atom. The van der Waals surface area contributed by atoms with Crippen LogP contribution in [0.4, 0.5) is 17.3 Å². The highest BCUT2D eigenvalue weighted by atomic mass is 32.2. The number of rotatable bonds is 6. The van der Waals surface area contributed by atoms with Crippen molar-refractivity contribution in [2.45, 2.75) is 12.5 Å². The summed E-state index contributed by atoms with van der Waals surface area (Å²) < 4.78 is 33.6. The van der Waals surface area contributed by atoms with E-state index in [4.69, 9.17) is 9.47 Å². The molecule has 1 saturated heterocycles. The summed E-state index contributed by atoms with van der Waals surface area (Å²) in [6.45, 7) is 0. The second kappa shape index (κ2) is 7.14. The van der Waals surface area contributed by atoms with Crippen molar-refractivity contribution in [1.82, 2.24) is 9.97 Å². The van der Waals surface area contributed by atoms with Gasteiger partial charge in [0.2, 0.25) is 0 Å². The van der Waals surface area contributed by atoms with Crippen LogP contribution in [-0.4, -0.2) is 50.2 Å². The number of methoxy groups -OCH3 is 2. The molecule has 134 valence electrons. The molecule has 0 radical (unpaired) electrons. The quantitative estimate of drug-likeness (QED) is 0.800. The van der Waals surface area contributed by atoms with Crippen molar-refractivity contribution >= 4 is 27.2 Å². The van der Waals surface area contributed by atoms with E-state index in [1.165, 1.54) is 6.33 Å². The molecule has 0 amide bonds. The average molecular weight is 364 g/mol. The van der Waals surface area contributed by atoms with Gasteiger partial charge in [0.1, 0.15) is 18.0 Å². The van der Waals surface area contributed by atoms with Crippen molar-refractivity contribution in [1.29, 1.82) is 0 Å². The Hall–Kier alpha value is -2.55. The molecule has 1 unspecified atom stereocenters. The summed E-state index contributed by atoms with van der Waals surface area (Å²) in [6, 6.07) is 7.07. The maximum absolute atomic E-state index is 11.5. The maximum atomic E-state index is 11.5. The Balaban J connectivity index is 1.71. The fraction of sp³-hybridized carbons (Fsp3) is 0.375. The first-order valence-corrected chi connectivity index (χ1v) is 9.59. The van der Waals surface area contributed by atoms with Gasteiger partial charge in [0.05, 0.1) is 25.7 Å². The lowest BCUT2D eigenvalue weighted by Crippen LogP contribution is -2.21. The zero-order valence-corrected chi connectivity index (χ0v) is 14.8. The van der Waals surface area contributed by atoms with Gasteiger partial charge < -0.3 is 20.1 Å². The Kier molecular flexibility index (Phi) is 4.93. The van der Waals surface area contributed by atoms with Crippen molar-refractivity contribution in [3.63, 3.8) is 0 Å². The average Bonchev–Trinajstić information content (AvgIpc) is 2.93. The molecule has 1 aromatic carbocycles. The minimum absolute atomic E-state index is 0.117. The number of hydrogen-bond acceptors (Lipinski definition) is 8. The van der Waals surface area contributed by atoms with E-state index < -0.39 is 9.84 Å². The number of ether oxygens (including phenoxy) is 2. The first kappa shape index (κ1) is 17.3. The van der Waals surface area contributed by atoms with Crippen LogP contribution in [0.3, 0.4) is 0 Å². The Morgan fingerprint density at radius 2 is 1.84 bits per heavy atom. The largest absolute Gasteiger partial charge is 0.493 e. The first-order chi connectivity index (χ1) is 12.0. The summed E-state index contributed by atoms with van der Waals surface area (Å²) in [5.41, 5.74) is 0.783. The van der Waals surface area contributed by atoms with Crippen molar-refractivity contribution in [3.05, 3.63) is 30.6 Å². The SMILES string of the molecule is COc1ccc(Nc2cc(NC3CCS(=O)(=O)C3)ncn2)cc1OC. The lowest BCUT2D eigenvalue weighted by atomic mass is 10.2. The molecule has 1 atom stereocenters. The monoisotopic (exact) mass is 364 g/mol. The summed E-state index contributed by atoms with van der Waals surface area (Å²) in [5.74, 6) is 2.77. The van der Waals surface area contributed by atoms with E-state index >= 15 is 0 Å². The van der Waals surface area contributed by atoms with Gasteiger partial charge >= 0.3 is 0 Å². The fourth-order valence-electron chi connectivity index (χ4n) is 2.68. The summed E-state index contributed by atoms with van der Waals surface area (Å²) in [4.78, 5) is 8.34. The number of benzene rings is 1. The standard InChI is InChI=1S/C16H20N4O4S/c1-23-13-4-3-11(7-14(13)24-2)19-15-8-16(18-10-17-15)20-12-5-6-25(21,22)9-12/h3-4,7-8,10,12H,5-6,9H2,1-2H3,(H2,17,18,19,20). The van der Waals surface area contributed by atoms with Crippen LogP contribution in [-0.2, 0) is 9.84 Å². The zero-order valence-electron chi connectivity index (χ0n) is 14.0. The molecular formula is C16H20N4O4S. The smallest absolute Gasteiger partial charge is 0.162 e. The number of nitrogens with one attached hydrogen (secondary N) is 2. The second-order valence-corrected chi connectivity index (χ2v) is 7.96. The van der Waals surface area contributed by atoms with Gasteiger partial charge in [-0.25, -0.2) is 18.4 Å². The van der Waals surface area contributed by atoms with Crippen LogP contribution in [0.2, 0.25) is 0 Å². The molecule has 2 aromatic rings. The van der Waals surface area contributed by atoms with Crippen LogP contribution in [0.15, 0.2) is 30.6 Å². The van der Waals surface area contributed by atoms with E-state index in [1.54, 1.807) is 32.4 Å². The predicted octanol–water partition coefficient (Wildman–Crippen LogP) is 1.84. The van der Waals surface area contributed by atoms with Gasteiger partial charge in [-0.15, -0.1) is 0 Å². The molecule has 1 aliphatic heterocycles. The van der Waals surface area contributed by atoms with E-state index in [1.807, 2.05) is 6.07 Å². The molecule has 3 rings (SSSR count). The number of aromatic nitrogens is 2.